The van der Waals surface area contributed by atoms with E-state index in [-0.39, 0.29) is 5.78 Å². The van der Waals surface area contributed by atoms with Crippen LogP contribution in [-0.4, -0.2) is 12.4 Å². The summed E-state index contributed by atoms with van der Waals surface area (Å²) in [6.07, 6.45) is 0. The first-order chi connectivity index (χ1) is 8.20. The molecule has 0 unspecified atom stereocenters. The van der Waals surface area contributed by atoms with Gasteiger partial charge in [-0.2, -0.15) is 0 Å². The van der Waals surface area contributed by atoms with Gasteiger partial charge in [-0.05, 0) is 59.3 Å². The third-order valence-corrected chi connectivity index (χ3v) is 2.65. The predicted octanol–water partition coefficient (Wildman–Crippen LogP) is 3.67. The van der Waals surface area contributed by atoms with E-state index < -0.39 is 0 Å². The van der Waals surface area contributed by atoms with Gasteiger partial charge in [0.2, 0.25) is 5.78 Å². The molecule has 17 heavy (non-hydrogen) atoms. The van der Waals surface area contributed by atoms with Crippen molar-refractivity contribution in [2.24, 2.45) is 0 Å². The Morgan fingerprint density at radius 3 is 2.47 bits per heavy atom. The summed E-state index contributed by atoms with van der Waals surface area (Å²) in [6, 6.07) is 10.3. The molecule has 0 saturated carbocycles. The molecule has 0 radical (unpaired) electrons. The molecule has 2 aromatic rings. The number of halogens is 1. The van der Waals surface area contributed by atoms with Crippen molar-refractivity contribution in [2.45, 2.75) is 6.92 Å². The first-order valence-corrected chi connectivity index (χ1v) is 6.03. The normalized spacial score (nSPS) is 10.2. The van der Waals surface area contributed by atoms with Crippen LogP contribution in [0.2, 0.25) is 0 Å². The Kier molecular flexibility index (Phi) is 3.64. The van der Waals surface area contributed by atoms with Crippen LogP contribution >= 0.6 is 15.9 Å². The maximum atomic E-state index is 12.0. The lowest BCUT2D eigenvalue weighted by molar-refractivity contribution is 0.101. The van der Waals surface area contributed by atoms with Gasteiger partial charge in [0.15, 0.2) is 10.4 Å². The number of rotatable bonds is 4. The first-order valence-electron chi connectivity index (χ1n) is 5.23. The predicted molar refractivity (Wildman–Crippen MR) is 67.5 cm³/mol. The zero-order valence-electron chi connectivity index (χ0n) is 9.27. The third kappa shape index (κ3) is 2.77. The van der Waals surface area contributed by atoms with Gasteiger partial charge in [0.05, 0.1) is 6.61 Å². The minimum Gasteiger partial charge on any atom is -0.494 e. The van der Waals surface area contributed by atoms with Crippen LogP contribution in [-0.2, 0) is 0 Å². The molecule has 88 valence electrons. The molecular formula is C13H11BrO3. The van der Waals surface area contributed by atoms with Crippen LogP contribution < -0.4 is 4.74 Å². The van der Waals surface area contributed by atoms with Crippen molar-refractivity contribution in [3.8, 4) is 5.75 Å². The average Bonchev–Trinajstić information content (AvgIpc) is 2.76. The van der Waals surface area contributed by atoms with Gasteiger partial charge in [-0.1, -0.05) is 0 Å². The minimum atomic E-state index is -0.140. The molecular weight excluding hydrogens is 284 g/mol. The van der Waals surface area contributed by atoms with E-state index in [9.17, 15) is 4.79 Å². The molecule has 0 aliphatic rings. The largest absolute Gasteiger partial charge is 0.494 e. The maximum Gasteiger partial charge on any atom is 0.228 e. The van der Waals surface area contributed by atoms with Gasteiger partial charge in [0, 0.05) is 5.56 Å². The molecule has 1 aromatic heterocycles. The standard InChI is InChI=1S/C13H11BrO3/c1-2-16-10-5-3-9(4-6-10)13(15)11-7-8-12(14)17-11/h3-8H,2H2,1H3. The average molecular weight is 295 g/mol. The van der Waals surface area contributed by atoms with Crippen LogP contribution in [0.3, 0.4) is 0 Å². The van der Waals surface area contributed by atoms with Crippen LogP contribution in [0.4, 0.5) is 0 Å². The summed E-state index contributed by atoms with van der Waals surface area (Å²) in [5.41, 5.74) is 0.579. The number of carbonyl (C=O) groups excluding carboxylic acids is 1. The van der Waals surface area contributed by atoms with Gasteiger partial charge in [0.1, 0.15) is 5.75 Å². The third-order valence-electron chi connectivity index (χ3n) is 2.22. The van der Waals surface area contributed by atoms with Crippen molar-refractivity contribution < 1.29 is 13.9 Å². The number of ketones is 1. The number of furan rings is 1. The van der Waals surface area contributed by atoms with E-state index >= 15 is 0 Å². The Labute approximate surface area is 108 Å². The highest BCUT2D eigenvalue weighted by Crippen LogP contribution is 2.19. The number of carbonyl (C=O) groups is 1. The van der Waals surface area contributed by atoms with Crippen molar-refractivity contribution >= 4 is 21.7 Å². The zero-order valence-corrected chi connectivity index (χ0v) is 10.9. The Balaban J connectivity index is 2.20. The van der Waals surface area contributed by atoms with Crippen LogP contribution in [0, 0.1) is 0 Å². The Morgan fingerprint density at radius 1 is 1.24 bits per heavy atom. The number of benzene rings is 1. The van der Waals surface area contributed by atoms with Gasteiger partial charge < -0.3 is 9.15 Å². The summed E-state index contributed by atoms with van der Waals surface area (Å²) in [6.45, 7) is 2.53. The van der Waals surface area contributed by atoms with Crippen molar-refractivity contribution in [3.05, 3.63) is 52.4 Å². The van der Waals surface area contributed by atoms with E-state index in [2.05, 4.69) is 15.9 Å². The van der Waals surface area contributed by atoms with Crippen molar-refractivity contribution in [3.63, 3.8) is 0 Å². The van der Waals surface area contributed by atoms with Crippen LogP contribution in [0.5, 0.6) is 5.75 Å². The Morgan fingerprint density at radius 2 is 1.94 bits per heavy atom. The van der Waals surface area contributed by atoms with Crippen LogP contribution in [0.15, 0.2) is 45.5 Å². The lowest BCUT2D eigenvalue weighted by Gasteiger charge is -2.03. The van der Waals surface area contributed by atoms with E-state index in [1.54, 1.807) is 36.4 Å². The topological polar surface area (TPSA) is 39.4 Å². The van der Waals surface area contributed by atoms with Crippen molar-refractivity contribution in [1.29, 1.82) is 0 Å². The lowest BCUT2D eigenvalue weighted by atomic mass is 10.1. The SMILES string of the molecule is CCOc1ccc(C(=O)c2ccc(Br)o2)cc1. The second-order valence-electron chi connectivity index (χ2n) is 3.39. The van der Waals surface area contributed by atoms with E-state index in [1.165, 1.54) is 0 Å². The summed E-state index contributed by atoms with van der Waals surface area (Å²) < 4.78 is 11.1. The summed E-state index contributed by atoms with van der Waals surface area (Å²) in [5, 5.41) is 0. The van der Waals surface area contributed by atoms with Gasteiger partial charge in [-0.3, -0.25) is 4.79 Å². The fourth-order valence-corrected chi connectivity index (χ4v) is 1.75. The van der Waals surface area contributed by atoms with Gasteiger partial charge in [-0.25, -0.2) is 0 Å². The van der Waals surface area contributed by atoms with Crippen molar-refractivity contribution in [1.82, 2.24) is 0 Å². The van der Waals surface area contributed by atoms with E-state index in [0.717, 1.165) is 5.75 Å². The molecule has 0 fully saturated rings. The molecule has 2 rings (SSSR count). The molecule has 3 nitrogen and oxygen atoms in total. The summed E-state index contributed by atoms with van der Waals surface area (Å²) >= 11 is 3.17. The first kappa shape index (κ1) is 11.9. The van der Waals surface area contributed by atoms with Crippen LogP contribution in [0.1, 0.15) is 23.0 Å². The van der Waals surface area contributed by atoms with Gasteiger partial charge in [-0.15, -0.1) is 0 Å². The zero-order chi connectivity index (χ0) is 12.3. The quantitative estimate of drug-likeness (QED) is 0.808. The fourth-order valence-electron chi connectivity index (χ4n) is 1.45. The second kappa shape index (κ2) is 5.19. The molecule has 4 heteroatoms. The molecule has 1 heterocycles. The van der Waals surface area contributed by atoms with Crippen molar-refractivity contribution in [2.75, 3.05) is 6.61 Å². The molecule has 0 atom stereocenters. The molecule has 0 spiro atoms. The van der Waals surface area contributed by atoms with Gasteiger partial charge in [0.25, 0.3) is 0 Å². The minimum absolute atomic E-state index is 0.140. The lowest BCUT2D eigenvalue weighted by Crippen LogP contribution is -1.99. The van der Waals surface area contributed by atoms with E-state index in [0.29, 0.717) is 22.6 Å². The maximum absolute atomic E-state index is 12.0. The number of ether oxygens (including phenoxy) is 1. The highest BCUT2D eigenvalue weighted by molar-refractivity contribution is 9.10. The summed E-state index contributed by atoms with van der Waals surface area (Å²) in [4.78, 5) is 12.0. The summed E-state index contributed by atoms with van der Waals surface area (Å²) in [7, 11) is 0. The molecule has 0 bridgehead atoms. The number of hydrogen-bond donors (Lipinski definition) is 0. The monoisotopic (exact) mass is 294 g/mol. The summed E-state index contributed by atoms with van der Waals surface area (Å²) in [5.74, 6) is 0.935. The van der Waals surface area contributed by atoms with E-state index in [1.807, 2.05) is 6.92 Å². The molecule has 0 aliphatic carbocycles. The molecule has 0 aliphatic heterocycles. The smallest absolute Gasteiger partial charge is 0.228 e. The van der Waals surface area contributed by atoms with Gasteiger partial charge >= 0.3 is 0 Å². The molecule has 0 saturated heterocycles. The highest BCUT2D eigenvalue weighted by Gasteiger charge is 2.12. The number of hydrogen-bond acceptors (Lipinski definition) is 3. The second-order valence-corrected chi connectivity index (χ2v) is 4.17. The fraction of sp³-hybridized carbons (Fsp3) is 0.154. The highest BCUT2D eigenvalue weighted by atomic mass is 79.9. The van der Waals surface area contributed by atoms with E-state index in [4.69, 9.17) is 9.15 Å². The Hall–Kier alpha value is -1.55. The molecule has 0 amide bonds. The van der Waals surface area contributed by atoms with Crippen LogP contribution in [0.25, 0.3) is 0 Å². The Bertz CT molecular complexity index is 514. The molecule has 1 aromatic carbocycles. The molecule has 0 N–H and O–H groups in total.